The first-order chi connectivity index (χ1) is 20.8. The summed E-state index contributed by atoms with van der Waals surface area (Å²) >= 11 is 2.00. The second kappa shape index (κ2) is 10.2. The van der Waals surface area contributed by atoms with Gasteiger partial charge in [-0.25, -0.2) is 0 Å². The van der Waals surface area contributed by atoms with Crippen molar-refractivity contribution in [3.05, 3.63) is 140 Å². The zero-order valence-corrected chi connectivity index (χ0v) is 23.9. The minimum atomic E-state index is 0.281. The van der Waals surface area contributed by atoms with E-state index < -0.39 is 0 Å². The molecule has 1 fully saturated rings. The van der Waals surface area contributed by atoms with Crippen LogP contribution in [0, 0.1) is 0 Å². The van der Waals surface area contributed by atoms with Crippen LogP contribution >= 0.6 is 11.8 Å². The van der Waals surface area contributed by atoms with Crippen LogP contribution in [0.5, 0.6) is 5.75 Å². The number of fused-ring (bicyclic) bond motifs is 4. The molecule has 0 radical (unpaired) electrons. The van der Waals surface area contributed by atoms with Gasteiger partial charge in [0.25, 0.3) is 0 Å². The first kappa shape index (κ1) is 25.0. The summed E-state index contributed by atoms with van der Waals surface area (Å²) in [4.78, 5) is 0. The van der Waals surface area contributed by atoms with Crippen molar-refractivity contribution in [2.24, 2.45) is 0 Å². The fraction of sp³-hybridized carbons (Fsp3) is 0.0500. The van der Waals surface area contributed by atoms with E-state index in [9.17, 15) is 5.11 Å². The molecule has 2 aliphatic rings. The molecule has 1 nitrogen and oxygen atoms in total. The zero-order valence-electron chi connectivity index (χ0n) is 23.0. The molecule has 1 aliphatic carbocycles. The van der Waals surface area contributed by atoms with E-state index >= 15 is 0 Å². The number of hydrogen-bond donors (Lipinski definition) is 1. The third-order valence-corrected chi connectivity index (χ3v) is 8.71. The van der Waals surface area contributed by atoms with Crippen molar-refractivity contribution in [2.45, 2.75) is 0 Å². The van der Waals surface area contributed by atoms with Crippen molar-refractivity contribution in [2.75, 3.05) is 11.5 Å². The number of benzene rings is 7. The largest absolute Gasteiger partial charge is 0.508 e. The molecular weight excluding hydrogens is 529 g/mol. The topological polar surface area (TPSA) is 20.2 Å². The number of thioether (sulfide) groups is 1. The van der Waals surface area contributed by atoms with Gasteiger partial charge in [0.15, 0.2) is 0 Å². The van der Waals surface area contributed by atoms with Crippen LogP contribution in [0.4, 0.5) is 0 Å². The fourth-order valence-electron chi connectivity index (χ4n) is 6.50. The predicted molar refractivity (Wildman–Crippen MR) is 181 cm³/mol. The molecule has 0 amide bonds. The molecule has 200 valence electrons. The van der Waals surface area contributed by atoms with Crippen LogP contribution in [0.2, 0.25) is 0 Å². The maximum atomic E-state index is 9.90. The first-order valence-corrected chi connectivity index (χ1v) is 15.6. The van der Waals surface area contributed by atoms with E-state index in [0.717, 1.165) is 5.56 Å². The van der Waals surface area contributed by atoms with E-state index in [2.05, 4.69) is 115 Å². The van der Waals surface area contributed by atoms with Crippen molar-refractivity contribution < 1.29 is 5.11 Å². The number of phenols is 1. The van der Waals surface area contributed by atoms with Gasteiger partial charge in [-0.15, -0.1) is 0 Å². The Morgan fingerprint density at radius 1 is 0.381 bits per heavy atom. The summed E-state index contributed by atoms with van der Waals surface area (Å²) in [5, 5.41) is 15.0. The smallest absolute Gasteiger partial charge is 0.115 e. The summed E-state index contributed by atoms with van der Waals surface area (Å²) in [7, 11) is 0. The van der Waals surface area contributed by atoms with Crippen molar-refractivity contribution in [3.63, 3.8) is 0 Å². The highest BCUT2D eigenvalue weighted by molar-refractivity contribution is 8.06. The molecule has 1 saturated heterocycles. The zero-order chi connectivity index (χ0) is 28.0. The number of rotatable bonds is 3. The second-order valence-corrected chi connectivity index (χ2v) is 12.1. The quantitative estimate of drug-likeness (QED) is 0.218. The Bertz CT molecular complexity index is 2000. The molecule has 0 saturated carbocycles. The number of aromatic hydroxyl groups is 1. The monoisotopic (exact) mass is 556 g/mol. The molecule has 0 spiro atoms. The van der Waals surface area contributed by atoms with Crippen molar-refractivity contribution in [3.8, 4) is 61.4 Å². The molecule has 0 bridgehead atoms. The lowest BCUT2D eigenvalue weighted by atomic mass is 9.82. The van der Waals surface area contributed by atoms with Gasteiger partial charge in [0.05, 0.1) is 0 Å². The van der Waals surface area contributed by atoms with Gasteiger partial charge < -0.3 is 5.11 Å². The summed E-state index contributed by atoms with van der Waals surface area (Å²) in [5.41, 5.74) is 12.5. The Morgan fingerprint density at radius 3 is 1.40 bits per heavy atom. The molecule has 7 aromatic carbocycles. The van der Waals surface area contributed by atoms with Crippen molar-refractivity contribution in [1.29, 1.82) is 0 Å². The van der Waals surface area contributed by atoms with E-state index in [1.165, 1.54) is 83.1 Å². The molecule has 9 rings (SSSR count). The van der Waals surface area contributed by atoms with Crippen LogP contribution in [0.1, 0.15) is 0 Å². The maximum absolute atomic E-state index is 9.90. The van der Waals surface area contributed by atoms with Crippen molar-refractivity contribution in [1.82, 2.24) is 0 Å². The van der Waals surface area contributed by atoms with Gasteiger partial charge in [0.2, 0.25) is 0 Å². The minimum absolute atomic E-state index is 0.281. The molecule has 2 heteroatoms. The molecule has 0 unspecified atom stereocenters. The second-order valence-electron chi connectivity index (χ2n) is 10.8. The third-order valence-electron chi connectivity index (χ3n) is 8.30. The molecule has 1 aliphatic heterocycles. The highest BCUT2D eigenvalue weighted by Crippen LogP contribution is 2.58. The maximum Gasteiger partial charge on any atom is 0.115 e. The van der Waals surface area contributed by atoms with Gasteiger partial charge in [-0.1, -0.05) is 127 Å². The first-order valence-electron chi connectivity index (χ1n) is 14.4. The van der Waals surface area contributed by atoms with E-state index in [-0.39, 0.29) is 5.75 Å². The van der Waals surface area contributed by atoms with E-state index in [1.54, 1.807) is 12.1 Å². The van der Waals surface area contributed by atoms with Crippen LogP contribution in [0.15, 0.2) is 140 Å². The standard InChI is InChI=1S/C38H24O.C2H4S/c39-27-20-18-24(19-21-27)28-22-23-33-36-29(28)16-9-17-32(36)37-34(25-10-3-1-4-11-25)30-14-7-8-15-31(30)35(38(33)37)26-12-5-2-6-13-26;1-2-3-1/h1-23,39H;1-2H2. The molecule has 0 atom stereocenters. The number of hydrogen-bond acceptors (Lipinski definition) is 2. The molecule has 0 aromatic heterocycles. The highest BCUT2D eigenvalue weighted by atomic mass is 32.2. The molecular formula is C40H28OS. The summed E-state index contributed by atoms with van der Waals surface area (Å²) in [5.74, 6) is 3.11. The van der Waals surface area contributed by atoms with Gasteiger partial charge in [0.1, 0.15) is 5.75 Å². The summed E-state index contributed by atoms with van der Waals surface area (Å²) in [6.07, 6.45) is 0. The lowest BCUT2D eigenvalue weighted by Gasteiger charge is -2.20. The average molecular weight is 557 g/mol. The summed E-state index contributed by atoms with van der Waals surface area (Å²) < 4.78 is 0. The van der Waals surface area contributed by atoms with E-state index in [0.29, 0.717) is 0 Å². The van der Waals surface area contributed by atoms with Crippen LogP contribution in [0.25, 0.3) is 77.2 Å². The van der Waals surface area contributed by atoms with Crippen molar-refractivity contribution >= 4 is 33.3 Å². The number of phenolic OH excluding ortho intramolecular Hbond substituents is 1. The summed E-state index contributed by atoms with van der Waals surface area (Å²) in [6.45, 7) is 0. The Hall–Kier alpha value is -4.79. The predicted octanol–water partition coefficient (Wildman–Crippen LogP) is 11.1. The Balaban J connectivity index is 0.000000839. The van der Waals surface area contributed by atoms with Crippen LogP contribution in [-0.4, -0.2) is 16.6 Å². The molecule has 1 N–H and O–H groups in total. The highest BCUT2D eigenvalue weighted by Gasteiger charge is 2.31. The van der Waals surface area contributed by atoms with E-state index in [1.807, 2.05) is 23.9 Å². The molecule has 42 heavy (non-hydrogen) atoms. The van der Waals surface area contributed by atoms with Gasteiger partial charge in [0, 0.05) is 11.5 Å². The van der Waals surface area contributed by atoms with Gasteiger partial charge >= 0.3 is 0 Å². The van der Waals surface area contributed by atoms with Gasteiger partial charge in [-0.05, 0) is 89.3 Å². The minimum Gasteiger partial charge on any atom is -0.508 e. The van der Waals surface area contributed by atoms with Gasteiger partial charge in [-0.2, -0.15) is 11.8 Å². The van der Waals surface area contributed by atoms with Crippen LogP contribution < -0.4 is 0 Å². The normalized spacial score (nSPS) is 12.6. The Labute approximate surface area is 250 Å². The Kier molecular flexibility index (Phi) is 6.09. The molecule has 7 aromatic rings. The SMILES string of the molecule is C1CS1.Oc1ccc(-c2ccc3c4c(cccc24)-c2c-3c(-c3ccccc3)c3ccccc3c2-c2ccccc2)cc1. The summed E-state index contributed by atoms with van der Waals surface area (Å²) in [6, 6.07) is 49.3. The van der Waals surface area contributed by atoms with E-state index in [4.69, 9.17) is 0 Å². The lowest BCUT2D eigenvalue weighted by molar-refractivity contribution is 0.475. The van der Waals surface area contributed by atoms with Gasteiger partial charge in [-0.3, -0.25) is 0 Å². The lowest BCUT2D eigenvalue weighted by Crippen LogP contribution is -1.93. The third kappa shape index (κ3) is 4.10. The van der Waals surface area contributed by atoms with Crippen LogP contribution in [-0.2, 0) is 0 Å². The average Bonchev–Trinajstić information content (AvgIpc) is 3.91. The molecule has 1 heterocycles. The Morgan fingerprint density at radius 2 is 0.857 bits per heavy atom. The van der Waals surface area contributed by atoms with Crippen LogP contribution in [0.3, 0.4) is 0 Å². The fourth-order valence-corrected chi connectivity index (χ4v) is 6.50.